The topological polar surface area (TPSA) is 101 Å². The van der Waals surface area contributed by atoms with Crippen molar-refractivity contribution in [3.63, 3.8) is 0 Å². The molecule has 188 valence electrons. The number of methoxy groups -OCH3 is 2. The highest BCUT2D eigenvalue weighted by atomic mass is 16.5. The minimum Gasteiger partial charge on any atom is -0.497 e. The second kappa shape index (κ2) is 11.0. The lowest BCUT2D eigenvalue weighted by Crippen LogP contribution is -2.48. The lowest BCUT2D eigenvalue weighted by Gasteiger charge is -2.38. The van der Waals surface area contributed by atoms with Gasteiger partial charge >= 0.3 is 0 Å². The van der Waals surface area contributed by atoms with Crippen LogP contribution in [-0.4, -0.2) is 82.0 Å². The van der Waals surface area contributed by atoms with E-state index in [9.17, 15) is 4.79 Å². The normalized spacial score (nSPS) is 15.8. The number of piperazine rings is 1. The molecule has 0 saturated carbocycles. The highest BCUT2D eigenvalue weighted by Gasteiger charge is 2.32. The van der Waals surface area contributed by atoms with Crippen LogP contribution in [-0.2, 0) is 17.8 Å². The van der Waals surface area contributed by atoms with E-state index in [1.807, 2.05) is 30.3 Å². The first-order valence-electron chi connectivity index (χ1n) is 12.1. The SMILES string of the molecule is COCCn1nnnc1[C@@H](c1cc2ccc(OC)cc2[nH]c1=O)N1CCN(Cc2ccccc2)CC1. The summed E-state index contributed by atoms with van der Waals surface area (Å²) in [5, 5.41) is 13.4. The Morgan fingerprint density at radius 2 is 1.83 bits per heavy atom. The number of ether oxygens (including phenoxy) is 2. The van der Waals surface area contributed by atoms with Gasteiger partial charge in [0, 0.05) is 51.5 Å². The third-order valence-electron chi connectivity index (χ3n) is 6.71. The number of hydrogen-bond acceptors (Lipinski definition) is 8. The van der Waals surface area contributed by atoms with Crippen LogP contribution in [0.2, 0.25) is 0 Å². The van der Waals surface area contributed by atoms with Gasteiger partial charge in [0.1, 0.15) is 11.8 Å². The number of fused-ring (bicyclic) bond motifs is 1. The molecule has 0 radical (unpaired) electrons. The maximum absolute atomic E-state index is 13.4. The van der Waals surface area contributed by atoms with E-state index in [1.54, 1.807) is 18.9 Å². The quantitative estimate of drug-likeness (QED) is 0.381. The third kappa shape index (κ3) is 5.15. The highest BCUT2D eigenvalue weighted by molar-refractivity contribution is 5.80. The van der Waals surface area contributed by atoms with E-state index in [0.29, 0.717) is 30.3 Å². The largest absolute Gasteiger partial charge is 0.497 e. The van der Waals surface area contributed by atoms with Crippen LogP contribution in [0.5, 0.6) is 5.75 Å². The number of hydrogen-bond donors (Lipinski definition) is 1. The van der Waals surface area contributed by atoms with Crippen molar-refractivity contribution in [3.8, 4) is 5.75 Å². The van der Waals surface area contributed by atoms with Crippen LogP contribution in [0.1, 0.15) is 23.0 Å². The fourth-order valence-electron chi connectivity index (χ4n) is 4.79. The van der Waals surface area contributed by atoms with Gasteiger partial charge in [-0.3, -0.25) is 14.6 Å². The van der Waals surface area contributed by atoms with E-state index in [4.69, 9.17) is 9.47 Å². The second-order valence-electron chi connectivity index (χ2n) is 8.96. The van der Waals surface area contributed by atoms with Gasteiger partial charge in [0.05, 0.1) is 25.8 Å². The zero-order chi connectivity index (χ0) is 24.9. The van der Waals surface area contributed by atoms with Crippen molar-refractivity contribution < 1.29 is 9.47 Å². The van der Waals surface area contributed by atoms with Crippen LogP contribution in [0.15, 0.2) is 59.4 Å². The first-order valence-corrected chi connectivity index (χ1v) is 12.1. The molecule has 36 heavy (non-hydrogen) atoms. The van der Waals surface area contributed by atoms with Crippen molar-refractivity contribution >= 4 is 10.9 Å². The zero-order valence-corrected chi connectivity index (χ0v) is 20.6. The molecule has 2 aromatic carbocycles. The van der Waals surface area contributed by atoms with Gasteiger partial charge in [-0.1, -0.05) is 30.3 Å². The van der Waals surface area contributed by atoms with E-state index in [2.05, 4.69) is 54.6 Å². The van der Waals surface area contributed by atoms with E-state index in [0.717, 1.165) is 43.6 Å². The van der Waals surface area contributed by atoms with E-state index < -0.39 is 0 Å². The predicted molar refractivity (Wildman–Crippen MR) is 136 cm³/mol. The lowest BCUT2D eigenvalue weighted by atomic mass is 10.0. The number of tetrazole rings is 1. The molecule has 1 atom stereocenters. The number of pyridine rings is 1. The minimum atomic E-state index is -0.383. The lowest BCUT2D eigenvalue weighted by molar-refractivity contribution is 0.0984. The summed E-state index contributed by atoms with van der Waals surface area (Å²) in [6.45, 7) is 5.23. The first kappa shape index (κ1) is 24.1. The maximum Gasteiger partial charge on any atom is 0.253 e. The molecule has 0 amide bonds. The highest BCUT2D eigenvalue weighted by Crippen LogP contribution is 2.29. The molecule has 10 nitrogen and oxygen atoms in total. The van der Waals surface area contributed by atoms with Gasteiger partial charge in [-0.2, -0.15) is 0 Å². The average Bonchev–Trinajstić information content (AvgIpc) is 3.37. The molecule has 0 bridgehead atoms. The summed E-state index contributed by atoms with van der Waals surface area (Å²) in [6, 6.07) is 17.7. The summed E-state index contributed by atoms with van der Waals surface area (Å²) in [5.41, 5.74) is 2.49. The Hall–Kier alpha value is -3.60. The van der Waals surface area contributed by atoms with E-state index in [1.165, 1.54) is 5.56 Å². The third-order valence-corrected chi connectivity index (χ3v) is 6.71. The Balaban J connectivity index is 1.47. The Labute approximate surface area is 209 Å². The molecular formula is C26H31N7O3. The summed E-state index contributed by atoms with van der Waals surface area (Å²) in [4.78, 5) is 21.2. The summed E-state index contributed by atoms with van der Waals surface area (Å²) >= 11 is 0. The molecule has 4 aromatic rings. The number of benzene rings is 2. The van der Waals surface area contributed by atoms with Gasteiger partial charge in [-0.25, -0.2) is 4.68 Å². The number of rotatable bonds is 9. The van der Waals surface area contributed by atoms with Crippen LogP contribution in [0, 0.1) is 0 Å². The molecule has 1 N–H and O–H groups in total. The monoisotopic (exact) mass is 489 g/mol. The summed E-state index contributed by atoms with van der Waals surface area (Å²) in [7, 11) is 3.26. The average molecular weight is 490 g/mol. The van der Waals surface area contributed by atoms with Crippen molar-refractivity contribution in [2.45, 2.75) is 19.1 Å². The summed E-state index contributed by atoms with van der Waals surface area (Å²) in [5.74, 6) is 1.34. The Morgan fingerprint density at radius 3 is 2.58 bits per heavy atom. The Bertz CT molecular complexity index is 1350. The van der Waals surface area contributed by atoms with Gasteiger partial charge in [-0.05, 0) is 39.6 Å². The Kier molecular flexibility index (Phi) is 7.36. The standard InChI is InChI=1S/C26H31N7O3/c1-35-15-14-33-25(28-29-30-33)24(22-16-20-8-9-21(36-2)17-23(20)27-26(22)34)32-12-10-31(11-13-32)18-19-6-4-3-5-7-19/h3-9,16-17,24H,10-15,18H2,1-2H3,(H,27,34)/t24-/m1/s1. The summed E-state index contributed by atoms with van der Waals surface area (Å²) in [6.07, 6.45) is 0. The van der Waals surface area contributed by atoms with Crippen molar-refractivity contribution in [1.82, 2.24) is 35.0 Å². The van der Waals surface area contributed by atoms with Crippen molar-refractivity contribution in [1.29, 1.82) is 0 Å². The molecule has 0 unspecified atom stereocenters. The summed E-state index contributed by atoms with van der Waals surface area (Å²) < 4.78 is 12.3. The van der Waals surface area contributed by atoms with Crippen molar-refractivity contribution in [2.75, 3.05) is 47.0 Å². The molecular weight excluding hydrogens is 458 g/mol. The van der Waals surface area contributed by atoms with Gasteiger partial charge in [0.25, 0.3) is 5.56 Å². The van der Waals surface area contributed by atoms with Crippen molar-refractivity contribution in [3.05, 3.63) is 81.9 Å². The van der Waals surface area contributed by atoms with Gasteiger partial charge in [-0.15, -0.1) is 5.10 Å². The molecule has 1 aliphatic rings. The van der Waals surface area contributed by atoms with Crippen LogP contribution in [0.4, 0.5) is 0 Å². The predicted octanol–water partition coefficient (Wildman–Crippen LogP) is 2.08. The van der Waals surface area contributed by atoms with Crippen LogP contribution >= 0.6 is 0 Å². The number of nitrogens with zero attached hydrogens (tertiary/aromatic N) is 6. The first-order chi connectivity index (χ1) is 17.7. The molecule has 3 heterocycles. The second-order valence-corrected chi connectivity index (χ2v) is 8.96. The minimum absolute atomic E-state index is 0.159. The van der Waals surface area contributed by atoms with Crippen molar-refractivity contribution in [2.24, 2.45) is 0 Å². The van der Waals surface area contributed by atoms with Crippen LogP contribution in [0.3, 0.4) is 0 Å². The van der Waals surface area contributed by atoms with Gasteiger partial charge in [0.2, 0.25) is 0 Å². The zero-order valence-electron chi connectivity index (χ0n) is 20.6. The molecule has 1 fully saturated rings. The molecule has 0 spiro atoms. The fraction of sp³-hybridized carbons (Fsp3) is 0.385. The fourth-order valence-corrected chi connectivity index (χ4v) is 4.79. The number of aromatic nitrogens is 5. The molecule has 1 saturated heterocycles. The molecule has 5 rings (SSSR count). The maximum atomic E-state index is 13.4. The number of H-pyrrole nitrogens is 1. The van der Waals surface area contributed by atoms with Crippen LogP contribution in [0.25, 0.3) is 10.9 Å². The number of aromatic amines is 1. The van der Waals surface area contributed by atoms with E-state index in [-0.39, 0.29) is 11.6 Å². The smallest absolute Gasteiger partial charge is 0.253 e. The molecule has 2 aromatic heterocycles. The molecule has 0 aliphatic carbocycles. The van der Waals surface area contributed by atoms with Gasteiger partial charge in [0.15, 0.2) is 5.82 Å². The number of nitrogens with one attached hydrogen (secondary N) is 1. The molecule has 10 heteroatoms. The van der Waals surface area contributed by atoms with Gasteiger partial charge < -0.3 is 14.5 Å². The van der Waals surface area contributed by atoms with Crippen LogP contribution < -0.4 is 10.3 Å². The molecule has 1 aliphatic heterocycles. The van der Waals surface area contributed by atoms with E-state index >= 15 is 0 Å². The Morgan fingerprint density at radius 1 is 1.03 bits per heavy atom.